The Morgan fingerprint density at radius 2 is 1.71 bits per heavy atom. The second kappa shape index (κ2) is 5.09. The Kier molecular flexibility index (Phi) is 4.12. The van der Waals surface area contributed by atoms with Crippen LogP contribution >= 0.6 is 0 Å². The van der Waals surface area contributed by atoms with Gasteiger partial charge >= 0.3 is 5.97 Å². The molecule has 1 saturated carbocycles. The molecule has 2 rings (SSSR count). The van der Waals surface area contributed by atoms with Gasteiger partial charge in [-0.3, -0.25) is 4.79 Å². The maximum atomic E-state index is 12.3. The van der Waals surface area contributed by atoms with E-state index < -0.39 is 8.32 Å². The first-order valence-corrected chi connectivity index (χ1v) is 11.2. The van der Waals surface area contributed by atoms with Gasteiger partial charge in [-0.2, -0.15) is 0 Å². The Morgan fingerprint density at radius 3 is 2.10 bits per heavy atom. The Morgan fingerprint density at radius 1 is 1.19 bits per heavy atom. The topological polar surface area (TPSA) is 35.5 Å². The number of carbonyl (C=O) groups is 1. The summed E-state index contributed by atoms with van der Waals surface area (Å²) in [5.41, 5.74) is -0.513. The molecule has 0 bridgehead atoms. The number of rotatable bonds is 2. The van der Waals surface area contributed by atoms with Gasteiger partial charge in [0.05, 0.1) is 5.41 Å². The van der Waals surface area contributed by atoms with E-state index >= 15 is 0 Å². The summed E-state index contributed by atoms with van der Waals surface area (Å²) in [7, 11) is -1.70. The van der Waals surface area contributed by atoms with Crippen molar-refractivity contribution >= 4 is 14.3 Å². The predicted molar refractivity (Wildman–Crippen MR) is 87.8 cm³/mol. The molecule has 1 saturated heterocycles. The van der Waals surface area contributed by atoms with E-state index in [1.807, 2.05) is 13.8 Å². The van der Waals surface area contributed by atoms with Crippen LogP contribution in [0, 0.1) is 5.41 Å². The summed E-state index contributed by atoms with van der Waals surface area (Å²) in [6.45, 7) is 15.5. The van der Waals surface area contributed by atoms with Crippen LogP contribution in [0.15, 0.2) is 0 Å². The highest BCUT2D eigenvalue weighted by Gasteiger charge is 2.54. The fraction of sp³-hybridized carbons (Fsp3) is 0.941. The molecule has 1 heterocycles. The normalized spacial score (nSPS) is 33.3. The SMILES string of the molecule is CC1(C)CC2(CCC(O[Si](C)(C)C(C)(C)C)CC2)C(=O)O1. The average molecular weight is 313 g/mol. The Labute approximate surface area is 130 Å². The quantitative estimate of drug-likeness (QED) is 0.549. The Bertz CT molecular complexity index is 412. The molecule has 0 radical (unpaired) electrons. The molecule has 1 spiro atoms. The van der Waals surface area contributed by atoms with E-state index in [0.29, 0.717) is 6.10 Å². The van der Waals surface area contributed by atoms with Crippen LogP contribution in [0.1, 0.15) is 66.7 Å². The van der Waals surface area contributed by atoms with Crippen molar-refractivity contribution in [3.8, 4) is 0 Å². The molecule has 3 nitrogen and oxygen atoms in total. The predicted octanol–water partition coefficient (Wildman–Crippen LogP) is 4.66. The van der Waals surface area contributed by atoms with Gasteiger partial charge in [0.25, 0.3) is 0 Å². The van der Waals surface area contributed by atoms with Gasteiger partial charge in [-0.05, 0) is 57.7 Å². The van der Waals surface area contributed by atoms with Crippen LogP contribution in [-0.4, -0.2) is 26.0 Å². The van der Waals surface area contributed by atoms with E-state index in [-0.39, 0.29) is 22.0 Å². The van der Waals surface area contributed by atoms with E-state index in [9.17, 15) is 4.79 Å². The molecule has 0 N–H and O–H groups in total. The molecule has 2 aliphatic rings. The summed E-state index contributed by atoms with van der Waals surface area (Å²) in [6, 6.07) is 0. The van der Waals surface area contributed by atoms with Gasteiger partial charge in [0.2, 0.25) is 0 Å². The van der Waals surface area contributed by atoms with Gasteiger partial charge in [0.1, 0.15) is 5.60 Å². The zero-order chi connectivity index (χ0) is 16.1. The summed E-state index contributed by atoms with van der Waals surface area (Å²) in [6.07, 6.45) is 5.04. The maximum Gasteiger partial charge on any atom is 0.312 e. The number of hydrogen-bond acceptors (Lipinski definition) is 3. The molecule has 0 aromatic heterocycles. The lowest BCUT2D eigenvalue weighted by molar-refractivity contribution is -0.154. The smallest absolute Gasteiger partial charge is 0.312 e. The van der Waals surface area contributed by atoms with E-state index in [1.54, 1.807) is 0 Å². The molecule has 0 atom stereocenters. The van der Waals surface area contributed by atoms with E-state index in [1.165, 1.54) is 0 Å². The van der Waals surface area contributed by atoms with Gasteiger partial charge in [0, 0.05) is 12.5 Å². The number of esters is 1. The first-order chi connectivity index (χ1) is 9.37. The van der Waals surface area contributed by atoms with Crippen molar-refractivity contribution in [2.75, 3.05) is 0 Å². The summed E-state index contributed by atoms with van der Waals surface area (Å²) in [5, 5.41) is 0.246. The monoisotopic (exact) mass is 312 g/mol. The maximum absolute atomic E-state index is 12.3. The minimum atomic E-state index is -1.70. The molecule has 122 valence electrons. The molecule has 1 aliphatic heterocycles. The zero-order valence-corrected chi connectivity index (χ0v) is 15.8. The molecule has 0 aromatic carbocycles. The number of carbonyl (C=O) groups excluding carboxylic acids is 1. The second-order valence-electron chi connectivity index (χ2n) is 9.18. The van der Waals surface area contributed by atoms with Crippen LogP contribution in [0.5, 0.6) is 0 Å². The highest BCUT2D eigenvalue weighted by atomic mass is 28.4. The minimum Gasteiger partial charge on any atom is -0.459 e. The van der Waals surface area contributed by atoms with Gasteiger partial charge in [-0.25, -0.2) is 0 Å². The Hall–Kier alpha value is -0.353. The second-order valence-corrected chi connectivity index (χ2v) is 13.9. The Balaban J connectivity index is 1.97. The average Bonchev–Trinajstić information content (AvgIpc) is 2.50. The highest BCUT2D eigenvalue weighted by Crippen LogP contribution is 2.51. The van der Waals surface area contributed by atoms with Gasteiger partial charge in [0.15, 0.2) is 8.32 Å². The fourth-order valence-corrected chi connectivity index (χ4v) is 4.94. The molecule has 1 aliphatic carbocycles. The third kappa shape index (κ3) is 3.36. The first-order valence-electron chi connectivity index (χ1n) is 8.28. The van der Waals surface area contributed by atoms with E-state index in [4.69, 9.17) is 9.16 Å². The molecular formula is C17H32O3Si. The molecule has 0 amide bonds. The molecular weight excluding hydrogens is 280 g/mol. The largest absolute Gasteiger partial charge is 0.459 e. The van der Waals surface area contributed by atoms with Crippen molar-refractivity contribution in [2.24, 2.45) is 5.41 Å². The van der Waals surface area contributed by atoms with Crippen LogP contribution in [-0.2, 0) is 14.0 Å². The van der Waals surface area contributed by atoms with Gasteiger partial charge in [-0.1, -0.05) is 20.8 Å². The summed E-state index contributed by atoms with van der Waals surface area (Å²) < 4.78 is 12.1. The van der Waals surface area contributed by atoms with Crippen molar-refractivity contribution < 1.29 is 14.0 Å². The van der Waals surface area contributed by atoms with Crippen molar-refractivity contribution in [1.82, 2.24) is 0 Å². The summed E-state index contributed by atoms with van der Waals surface area (Å²) >= 11 is 0. The van der Waals surface area contributed by atoms with E-state index in [2.05, 4.69) is 33.9 Å². The number of cyclic esters (lactones) is 1. The van der Waals surface area contributed by atoms with Crippen molar-refractivity contribution in [2.45, 2.75) is 96.6 Å². The number of ether oxygens (including phenoxy) is 1. The van der Waals surface area contributed by atoms with Crippen LogP contribution < -0.4 is 0 Å². The lowest BCUT2D eigenvalue weighted by atomic mass is 9.70. The highest BCUT2D eigenvalue weighted by molar-refractivity contribution is 6.74. The standard InChI is InChI=1S/C17H32O3Si/c1-15(2,3)21(6,7)20-13-8-10-17(11-9-13)12-16(4,5)19-14(17)18/h13H,8-12H2,1-7H3. The van der Waals surface area contributed by atoms with Crippen molar-refractivity contribution in [3.63, 3.8) is 0 Å². The lowest BCUT2D eigenvalue weighted by Crippen LogP contribution is -2.46. The molecule has 0 aromatic rings. The van der Waals surface area contributed by atoms with Crippen LogP contribution in [0.4, 0.5) is 0 Å². The van der Waals surface area contributed by atoms with Gasteiger partial charge < -0.3 is 9.16 Å². The van der Waals surface area contributed by atoms with Crippen LogP contribution in [0.2, 0.25) is 18.1 Å². The zero-order valence-electron chi connectivity index (χ0n) is 14.8. The van der Waals surface area contributed by atoms with E-state index in [0.717, 1.165) is 32.1 Å². The van der Waals surface area contributed by atoms with Crippen LogP contribution in [0.25, 0.3) is 0 Å². The first kappa shape index (κ1) is 17.0. The van der Waals surface area contributed by atoms with Crippen molar-refractivity contribution in [3.05, 3.63) is 0 Å². The molecule has 4 heteroatoms. The third-order valence-corrected chi connectivity index (χ3v) is 10.3. The number of hydrogen-bond donors (Lipinski definition) is 0. The van der Waals surface area contributed by atoms with Crippen molar-refractivity contribution in [1.29, 1.82) is 0 Å². The van der Waals surface area contributed by atoms with Crippen LogP contribution in [0.3, 0.4) is 0 Å². The molecule has 0 unspecified atom stereocenters. The minimum absolute atomic E-state index is 0.0262. The molecule has 2 fully saturated rings. The summed E-state index contributed by atoms with van der Waals surface area (Å²) in [4.78, 5) is 12.3. The summed E-state index contributed by atoms with van der Waals surface area (Å²) in [5.74, 6) is 0.0262. The fourth-order valence-electron chi connectivity index (χ4n) is 3.52. The molecule has 21 heavy (non-hydrogen) atoms. The van der Waals surface area contributed by atoms with Gasteiger partial charge in [-0.15, -0.1) is 0 Å². The lowest BCUT2D eigenvalue weighted by Gasteiger charge is -2.42. The third-order valence-electron chi connectivity index (χ3n) is 5.72.